The number of aromatic nitrogens is 2. The van der Waals surface area contributed by atoms with E-state index in [2.05, 4.69) is 41.5 Å². The summed E-state index contributed by atoms with van der Waals surface area (Å²) in [5.74, 6) is 0.251. The quantitative estimate of drug-likeness (QED) is 0.605. The van der Waals surface area contributed by atoms with Crippen LogP contribution in [0.1, 0.15) is 16.7 Å². The predicted octanol–water partition coefficient (Wildman–Crippen LogP) is 4.82. The summed E-state index contributed by atoms with van der Waals surface area (Å²) in [4.78, 5) is 12.0. The SMILES string of the molecule is Cc1ccc(-c2ccc(SCC(=O)NCc3ccc(Cl)cc3)nn2)cc1C. The molecule has 6 heteroatoms. The molecule has 0 aliphatic carbocycles. The van der Waals surface area contributed by atoms with Gasteiger partial charge < -0.3 is 5.32 Å². The second-order valence-corrected chi connectivity index (χ2v) is 7.68. The van der Waals surface area contributed by atoms with E-state index < -0.39 is 0 Å². The molecule has 0 radical (unpaired) electrons. The van der Waals surface area contributed by atoms with Gasteiger partial charge in [0.2, 0.25) is 5.91 Å². The third kappa shape index (κ3) is 5.55. The number of rotatable bonds is 6. The molecule has 0 aliphatic rings. The highest BCUT2D eigenvalue weighted by Gasteiger charge is 2.06. The van der Waals surface area contributed by atoms with Crippen LogP contribution in [-0.4, -0.2) is 21.9 Å². The van der Waals surface area contributed by atoms with Gasteiger partial charge in [0, 0.05) is 17.1 Å². The lowest BCUT2D eigenvalue weighted by atomic mass is 10.0. The lowest BCUT2D eigenvalue weighted by Gasteiger charge is -2.06. The molecule has 0 atom stereocenters. The normalized spacial score (nSPS) is 10.6. The highest BCUT2D eigenvalue weighted by Crippen LogP contribution is 2.22. The molecule has 138 valence electrons. The second-order valence-electron chi connectivity index (χ2n) is 6.25. The number of benzene rings is 2. The molecular formula is C21H20ClN3OS. The predicted molar refractivity (Wildman–Crippen MR) is 111 cm³/mol. The molecule has 3 aromatic rings. The van der Waals surface area contributed by atoms with Crippen LogP contribution in [0.5, 0.6) is 0 Å². The van der Waals surface area contributed by atoms with E-state index in [0.717, 1.165) is 21.8 Å². The molecule has 27 heavy (non-hydrogen) atoms. The average molecular weight is 398 g/mol. The summed E-state index contributed by atoms with van der Waals surface area (Å²) in [7, 11) is 0. The van der Waals surface area contributed by atoms with Crippen molar-refractivity contribution in [1.82, 2.24) is 15.5 Å². The first-order valence-corrected chi connectivity index (χ1v) is 9.93. The maximum Gasteiger partial charge on any atom is 0.230 e. The van der Waals surface area contributed by atoms with Gasteiger partial charge in [-0.2, -0.15) is 0 Å². The van der Waals surface area contributed by atoms with Gasteiger partial charge in [-0.1, -0.05) is 47.6 Å². The van der Waals surface area contributed by atoms with Crippen molar-refractivity contribution in [3.05, 3.63) is 76.3 Å². The topological polar surface area (TPSA) is 54.9 Å². The van der Waals surface area contributed by atoms with Gasteiger partial charge in [-0.15, -0.1) is 10.2 Å². The molecule has 0 saturated heterocycles. The Hall–Kier alpha value is -2.37. The van der Waals surface area contributed by atoms with Crippen molar-refractivity contribution in [3.63, 3.8) is 0 Å². The summed E-state index contributed by atoms with van der Waals surface area (Å²) >= 11 is 7.22. The van der Waals surface area contributed by atoms with Crippen molar-refractivity contribution in [2.45, 2.75) is 25.4 Å². The average Bonchev–Trinajstić information content (AvgIpc) is 2.68. The molecule has 0 spiro atoms. The summed E-state index contributed by atoms with van der Waals surface area (Å²) < 4.78 is 0. The molecule has 1 aromatic heterocycles. The molecular weight excluding hydrogens is 378 g/mol. The minimum Gasteiger partial charge on any atom is -0.351 e. The fourth-order valence-electron chi connectivity index (χ4n) is 2.45. The second kappa shape index (κ2) is 9.02. The molecule has 0 bridgehead atoms. The van der Waals surface area contributed by atoms with Crippen molar-refractivity contribution in [2.75, 3.05) is 5.75 Å². The maximum atomic E-state index is 12.0. The van der Waals surface area contributed by atoms with Crippen molar-refractivity contribution < 1.29 is 4.79 Å². The molecule has 4 nitrogen and oxygen atoms in total. The van der Waals surface area contributed by atoms with Crippen molar-refractivity contribution in [2.24, 2.45) is 0 Å². The standard InChI is InChI=1S/C21H20ClN3OS/c1-14-3-6-17(11-15(14)2)19-9-10-21(25-24-19)27-13-20(26)23-12-16-4-7-18(22)8-5-16/h3-11H,12-13H2,1-2H3,(H,23,26). The Balaban J connectivity index is 1.51. The zero-order chi connectivity index (χ0) is 19.2. The molecule has 0 aliphatic heterocycles. The van der Waals surface area contributed by atoms with E-state index in [4.69, 9.17) is 11.6 Å². The van der Waals surface area contributed by atoms with Crippen LogP contribution >= 0.6 is 23.4 Å². The lowest BCUT2D eigenvalue weighted by molar-refractivity contribution is -0.118. The molecule has 1 amide bonds. The first-order valence-electron chi connectivity index (χ1n) is 8.56. The Morgan fingerprint density at radius 3 is 2.44 bits per heavy atom. The highest BCUT2D eigenvalue weighted by atomic mass is 35.5. The fourth-order valence-corrected chi connectivity index (χ4v) is 3.22. The Morgan fingerprint density at radius 1 is 1.00 bits per heavy atom. The van der Waals surface area contributed by atoms with Crippen LogP contribution < -0.4 is 5.32 Å². The van der Waals surface area contributed by atoms with Crippen molar-refractivity contribution >= 4 is 29.3 Å². The number of hydrogen-bond donors (Lipinski definition) is 1. The summed E-state index contributed by atoms with van der Waals surface area (Å²) in [6.07, 6.45) is 0. The van der Waals surface area contributed by atoms with Gasteiger partial charge in [0.1, 0.15) is 5.03 Å². The van der Waals surface area contributed by atoms with Gasteiger partial charge in [-0.3, -0.25) is 4.79 Å². The molecule has 0 saturated carbocycles. The van der Waals surface area contributed by atoms with Crippen LogP contribution in [0, 0.1) is 13.8 Å². The Bertz CT molecular complexity index is 927. The molecule has 0 fully saturated rings. The first-order chi connectivity index (χ1) is 13.0. The van der Waals surface area contributed by atoms with E-state index in [-0.39, 0.29) is 5.91 Å². The molecule has 1 heterocycles. The highest BCUT2D eigenvalue weighted by molar-refractivity contribution is 7.99. The van der Waals surface area contributed by atoms with E-state index >= 15 is 0 Å². The van der Waals surface area contributed by atoms with Gasteiger partial charge in [-0.25, -0.2) is 0 Å². The number of nitrogens with zero attached hydrogens (tertiary/aromatic N) is 2. The van der Waals surface area contributed by atoms with Crippen LogP contribution in [-0.2, 0) is 11.3 Å². The Morgan fingerprint density at radius 2 is 1.78 bits per heavy atom. The van der Waals surface area contributed by atoms with Crippen LogP contribution in [0.3, 0.4) is 0 Å². The van der Waals surface area contributed by atoms with Crippen LogP contribution in [0.4, 0.5) is 0 Å². The van der Waals surface area contributed by atoms with Crippen molar-refractivity contribution in [1.29, 1.82) is 0 Å². The first kappa shape index (κ1) is 19.4. The number of carbonyl (C=O) groups is 1. The monoisotopic (exact) mass is 397 g/mol. The van der Waals surface area contributed by atoms with Crippen LogP contribution in [0.15, 0.2) is 59.6 Å². The zero-order valence-electron chi connectivity index (χ0n) is 15.2. The summed E-state index contributed by atoms with van der Waals surface area (Å²) in [6.45, 7) is 4.65. The van der Waals surface area contributed by atoms with Gasteiger partial charge in [0.25, 0.3) is 0 Å². The van der Waals surface area contributed by atoms with Gasteiger partial charge in [0.05, 0.1) is 11.4 Å². The van der Waals surface area contributed by atoms with Gasteiger partial charge in [0.15, 0.2) is 0 Å². The molecule has 1 N–H and O–H groups in total. The number of aryl methyl sites for hydroxylation is 2. The third-order valence-electron chi connectivity index (χ3n) is 4.20. The summed E-state index contributed by atoms with van der Waals surface area (Å²) in [5.41, 5.74) is 5.36. The molecule has 3 rings (SSSR count). The Kier molecular flexibility index (Phi) is 6.48. The maximum absolute atomic E-state index is 12.0. The van der Waals surface area contributed by atoms with Crippen molar-refractivity contribution in [3.8, 4) is 11.3 Å². The smallest absolute Gasteiger partial charge is 0.230 e. The number of nitrogens with one attached hydrogen (secondary N) is 1. The van der Waals surface area contributed by atoms with Gasteiger partial charge in [-0.05, 0) is 60.9 Å². The summed E-state index contributed by atoms with van der Waals surface area (Å²) in [5, 5.41) is 12.8. The summed E-state index contributed by atoms with van der Waals surface area (Å²) in [6, 6.07) is 17.5. The Labute approximate surface area is 168 Å². The molecule has 2 aromatic carbocycles. The van der Waals surface area contributed by atoms with E-state index in [0.29, 0.717) is 17.3 Å². The third-order valence-corrected chi connectivity index (χ3v) is 5.37. The minimum atomic E-state index is -0.0463. The minimum absolute atomic E-state index is 0.0463. The van der Waals surface area contributed by atoms with Gasteiger partial charge >= 0.3 is 0 Å². The number of thioether (sulfide) groups is 1. The molecule has 0 unspecified atom stereocenters. The van der Waals surface area contributed by atoms with E-state index in [1.807, 2.05) is 42.5 Å². The number of halogens is 1. The van der Waals surface area contributed by atoms with Crippen LogP contribution in [0.2, 0.25) is 5.02 Å². The lowest BCUT2D eigenvalue weighted by Crippen LogP contribution is -2.24. The number of amides is 1. The number of hydrogen-bond acceptors (Lipinski definition) is 4. The number of carbonyl (C=O) groups excluding carboxylic acids is 1. The van der Waals surface area contributed by atoms with E-state index in [9.17, 15) is 4.79 Å². The van der Waals surface area contributed by atoms with Crippen LogP contribution in [0.25, 0.3) is 11.3 Å². The van der Waals surface area contributed by atoms with E-state index in [1.165, 1.54) is 22.9 Å². The zero-order valence-corrected chi connectivity index (χ0v) is 16.8. The fraction of sp³-hybridized carbons (Fsp3) is 0.190. The van der Waals surface area contributed by atoms with E-state index in [1.54, 1.807) is 0 Å². The largest absolute Gasteiger partial charge is 0.351 e.